The van der Waals surface area contributed by atoms with Crippen LogP contribution >= 0.6 is 11.6 Å². The van der Waals surface area contributed by atoms with Crippen LogP contribution in [0.5, 0.6) is 0 Å². The third-order valence-corrected chi connectivity index (χ3v) is 3.39. The Balaban J connectivity index is 3.25. The SMILES string of the molecule is CC(C)C(C(=O)O)N(Cc1ccccc1Cl)C(=O)C(F)(F)F. The number of carbonyl (C=O) groups excluding carboxylic acids is 1. The molecule has 0 aliphatic carbocycles. The zero-order chi connectivity index (χ0) is 17.1. The molecule has 1 amide bonds. The topological polar surface area (TPSA) is 57.6 Å². The second-order valence-electron chi connectivity index (χ2n) is 5.05. The predicted molar refractivity (Wildman–Crippen MR) is 74.3 cm³/mol. The summed E-state index contributed by atoms with van der Waals surface area (Å²) < 4.78 is 38.3. The third-order valence-electron chi connectivity index (χ3n) is 3.02. The zero-order valence-corrected chi connectivity index (χ0v) is 12.6. The summed E-state index contributed by atoms with van der Waals surface area (Å²) >= 11 is 5.88. The second-order valence-corrected chi connectivity index (χ2v) is 5.46. The minimum absolute atomic E-state index is 0.162. The smallest absolute Gasteiger partial charge is 0.471 e. The number of aliphatic carboxylic acids is 1. The number of carbonyl (C=O) groups is 2. The average Bonchev–Trinajstić information content (AvgIpc) is 2.37. The van der Waals surface area contributed by atoms with Crippen molar-refractivity contribution in [2.75, 3.05) is 0 Å². The van der Waals surface area contributed by atoms with E-state index in [1.165, 1.54) is 26.0 Å². The van der Waals surface area contributed by atoms with Gasteiger partial charge in [-0.05, 0) is 17.5 Å². The number of carboxylic acid groups (broad SMARTS) is 1. The summed E-state index contributed by atoms with van der Waals surface area (Å²) in [6, 6.07) is 4.42. The van der Waals surface area contributed by atoms with E-state index in [1.54, 1.807) is 12.1 Å². The first-order chi connectivity index (χ1) is 10.1. The normalized spacial score (nSPS) is 13.0. The molecule has 1 aromatic carbocycles. The minimum atomic E-state index is -5.16. The second kappa shape index (κ2) is 7.00. The maximum Gasteiger partial charge on any atom is 0.471 e. The van der Waals surface area contributed by atoms with Crippen LogP contribution in [0.3, 0.4) is 0 Å². The Labute approximate surface area is 130 Å². The van der Waals surface area contributed by atoms with Crippen LogP contribution in [0, 0.1) is 5.92 Å². The summed E-state index contributed by atoms with van der Waals surface area (Å²) in [6.07, 6.45) is -5.16. The summed E-state index contributed by atoms with van der Waals surface area (Å²) in [5.74, 6) is -4.40. The number of nitrogens with zero attached hydrogens (tertiary/aromatic N) is 1. The molecular weight excluding hydrogens is 323 g/mol. The van der Waals surface area contributed by atoms with Crippen LogP contribution in [-0.4, -0.2) is 34.1 Å². The van der Waals surface area contributed by atoms with Crippen LogP contribution in [-0.2, 0) is 16.1 Å². The van der Waals surface area contributed by atoms with Crippen LogP contribution in [0.1, 0.15) is 19.4 Å². The minimum Gasteiger partial charge on any atom is -0.480 e. The molecule has 1 rings (SSSR count). The molecule has 0 fully saturated rings. The van der Waals surface area contributed by atoms with E-state index >= 15 is 0 Å². The number of rotatable bonds is 5. The standard InChI is InChI=1S/C14H15ClF3NO3/c1-8(2)11(12(20)21)19(13(22)14(16,17)18)7-9-5-3-4-6-10(9)15/h3-6,8,11H,7H2,1-2H3,(H,20,21). The van der Waals surface area contributed by atoms with E-state index in [2.05, 4.69) is 0 Å². The molecule has 0 aliphatic heterocycles. The van der Waals surface area contributed by atoms with E-state index in [-0.39, 0.29) is 10.6 Å². The molecular formula is C14H15ClF3NO3. The maximum absolute atomic E-state index is 12.8. The lowest BCUT2D eigenvalue weighted by molar-refractivity contribution is -0.191. The van der Waals surface area contributed by atoms with Crippen molar-refractivity contribution in [2.45, 2.75) is 32.6 Å². The molecule has 1 aromatic rings. The number of halogens is 4. The van der Waals surface area contributed by atoms with E-state index < -0.39 is 36.6 Å². The molecule has 8 heteroatoms. The number of benzene rings is 1. The molecule has 1 N–H and O–H groups in total. The van der Waals surface area contributed by atoms with E-state index in [0.717, 1.165) is 0 Å². The first-order valence-electron chi connectivity index (χ1n) is 6.39. The van der Waals surface area contributed by atoms with Crippen molar-refractivity contribution in [1.82, 2.24) is 4.90 Å². The monoisotopic (exact) mass is 337 g/mol. The molecule has 0 saturated heterocycles. The Morgan fingerprint density at radius 3 is 2.23 bits per heavy atom. The van der Waals surface area contributed by atoms with Gasteiger partial charge in [-0.25, -0.2) is 4.79 Å². The number of alkyl halides is 3. The summed E-state index contributed by atoms with van der Waals surface area (Å²) in [7, 11) is 0. The zero-order valence-electron chi connectivity index (χ0n) is 11.9. The predicted octanol–water partition coefficient (Wildman–Crippen LogP) is 3.34. The van der Waals surface area contributed by atoms with Gasteiger partial charge in [-0.3, -0.25) is 4.79 Å². The summed E-state index contributed by atoms with van der Waals surface area (Å²) in [5.41, 5.74) is 0.244. The van der Waals surface area contributed by atoms with E-state index in [0.29, 0.717) is 4.90 Å². The van der Waals surface area contributed by atoms with Crippen LogP contribution in [0.2, 0.25) is 5.02 Å². The van der Waals surface area contributed by atoms with Crippen LogP contribution in [0.25, 0.3) is 0 Å². The summed E-state index contributed by atoms with van der Waals surface area (Å²) in [4.78, 5) is 23.2. The van der Waals surface area contributed by atoms with Gasteiger partial charge in [-0.2, -0.15) is 13.2 Å². The Kier molecular flexibility index (Phi) is 5.82. The maximum atomic E-state index is 12.8. The summed E-state index contributed by atoms with van der Waals surface area (Å²) in [6.45, 7) is 2.33. The lowest BCUT2D eigenvalue weighted by Crippen LogP contribution is -2.52. The molecule has 0 heterocycles. The average molecular weight is 338 g/mol. The van der Waals surface area contributed by atoms with Crippen molar-refractivity contribution in [3.8, 4) is 0 Å². The molecule has 22 heavy (non-hydrogen) atoms. The molecule has 0 saturated carbocycles. The van der Waals surface area contributed by atoms with Gasteiger partial charge < -0.3 is 10.0 Å². The van der Waals surface area contributed by atoms with Crippen molar-refractivity contribution in [1.29, 1.82) is 0 Å². The van der Waals surface area contributed by atoms with E-state index in [4.69, 9.17) is 11.6 Å². The fourth-order valence-electron chi connectivity index (χ4n) is 2.05. The molecule has 0 radical (unpaired) electrons. The highest BCUT2D eigenvalue weighted by atomic mass is 35.5. The van der Waals surface area contributed by atoms with Gasteiger partial charge in [-0.15, -0.1) is 0 Å². The van der Waals surface area contributed by atoms with Gasteiger partial charge in [0, 0.05) is 11.6 Å². The molecule has 4 nitrogen and oxygen atoms in total. The quantitative estimate of drug-likeness (QED) is 0.896. The van der Waals surface area contributed by atoms with Gasteiger partial charge in [0.2, 0.25) is 0 Å². The fourth-order valence-corrected chi connectivity index (χ4v) is 2.24. The highest BCUT2D eigenvalue weighted by Gasteiger charge is 2.47. The van der Waals surface area contributed by atoms with E-state index in [1.807, 2.05) is 0 Å². The van der Waals surface area contributed by atoms with E-state index in [9.17, 15) is 27.9 Å². The molecule has 1 unspecified atom stereocenters. The van der Waals surface area contributed by atoms with Gasteiger partial charge in [0.25, 0.3) is 0 Å². The Bertz CT molecular complexity index is 561. The third kappa shape index (κ3) is 4.37. The van der Waals surface area contributed by atoms with Gasteiger partial charge in [-0.1, -0.05) is 43.6 Å². The van der Waals surface area contributed by atoms with Crippen molar-refractivity contribution >= 4 is 23.5 Å². The molecule has 0 spiro atoms. The highest BCUT2D eigenvalue weighted by molar-refractivity contribution is 6.31. The summed E-state index contributed by atoms with van der Waals surface area (Å²) in [5, 5.41) is 9.34. The van der Waals surface area contributed by atoms with Crippen LogP contribution < -0.4 is 0 Å². The first kappa shape index (κ1) is 18.3. The van der Waals surface area contributed by atoms with Gasteiger partial charge >= 0.3 is 18.1 Å². The molecule has 122 valence electrons. The number of amides is 1. The highest BCUT2D eigenvalue weighted by Crippen LogP contribution is 2.26. The number of hydrogen-bond acceptors (Lipinski definition) is 2. The van der Waals surface area contributed by atoms with Gasteiger partial charge in [0.1, 0.15) is 6.04 Å². The first-order valence-corrected chi connectivity index (χ1v) is 6.77. The largest absolute Gasteiger partial charge is 0.480 e. The van der Waals surface area contributed by atoms with Crippen LogP contribution in [0.4, 0.5) is 13.2 Å². The van der Waals surface area contributed by atoms with Crippen molar-refractivity contribution < 1.29 is 27.9 Å². The number of carboxylic acids is 1. The van der Waals surface area contributed by atoms with Crippen molar-refractivity contribution in [2.24, 2.45) is 5.92 Å². The molecule has 0 aliphatic rings. The molecule has 0 bridgehead atoms. The molecule has 1 atom stereocenters. The lowest BCUT2D eigenvalue weighted by atomic mass is 10.0. The van der Waals surface area contributed by atoms with Crippen molar-refractivity contribution in [3.63, 3.8) is 0 Å². The Hall–Kier alpha value is -1.76. The lowest BCUT2D eigenvalue weighted by Gasteiger charge is -2.32. The Morgan fingerprint density at radius 1 is 1.27 bits per heavy atom. The Morgan fingerprint density at radius 2 is 1.82 bits per heavy atom. The number of hydrogen-bond donors (Lipinski definition) is 1. The van der Waals surface area contributed by atoms with Gasteiger partial charge in [0.05, 0.1) is 0 Å². The van der Waals surface area contributed by atoms with Crippen LogP contribution in [0.15, 0.2) is 24.3 Å². The fraction of sp³-hybridized carbons (Fsp3) is 0.429. The van der Waals surface area contributed by atoms with Crippen molar-refractivity contribution in [3.05, 3.63) is 34.9 Å². The molecule has 0 aromatic heterocycles. The van der Waals surface area contributed by atoms with Gasteiger partial charge in [0.15, 0.2) is 0 Å².